The molecule has 2 atom stereocenters. The van der Waals surface area contributed by atoms with E-state index in [1.54, 1.807) is 7.11 Å². The zero-order valence-corrected chi connectivity index (χ0v) is 10.6. The van der Waals surface area contributed by atoms with Crippen molar-refractivity contribution in [1.82, 2.24) is 0 Å². The third-order valence-electron chi connectivity index (χ3n) is 2.33. The van der Waals surface area contributed by atoms with E-state index in [1.165, 1.54) is 18.6 Å². The Morgan fingerprint density at radius 1 is 1.36 bits per heavy atom. The summed E-state index contributed by atoms with van der Waals surface area (Å²) in [4.78, 5) is 0. The predicted octanol–water partition coefficient (Wildman–Crippen LogP) is 2.66. The Balaban J connectivity index is 3.56. The van der Waals surface area contributed by atoms with Crippen LogP contribution in [0.1, 0.15) is 39.5 Å². The number of hydrogen-bond donors (Lipinski definition) is 1. The van der Waals surface area contributed by atoms with E-state index >= 15 is 0 Å². The van der Waals surface area contributed by atoms with Crippen LogP contribution in [0.25, 0.3) is 0 Å². The number of ether oxygens (including phenoxy) is 1. The van der Waals surface area contributed by atoms with Gasteiger partial charge in [0.25, 0.3) is 0 Å². The molecule has 0 radical (unpaired) electrons. The molecule has 2 N–H and O–H groups in total. The van der Waals surface area contributed by atoms with E-state index in [2.05, 4.69) is 13.8 Å². The lowest BCUT2D eigenvalue weighted by molar-refractivity contribution is 0.200. The lowest BCUT2D eigenvalue weighted by Gasteiger charge is -2.21. The van der Waals surface area contributed by atoms with E-state index in [4.69, 9.17) is 10.5 Å². The Labute approximate surface area is 93.0 Å². The normalized spacial score (nSPS) is 15.4. The van der Waals surface area contributed by atoms with E-state index in [9.17, 15) is 0 Å². The lowest BCUT2D eigenvalue weighted by Crippen LogP contribution is -2.32. The van der Waals surface area contributed by atoms with Gasteiger partial charge in [-0.1, -0.05) is 20.3 Å². The molecule has 86 valence electrons. The third kappa shape index (κ3) is 6.68. The van der Waals surface area contributed by atoms with Crippen LogP contribution in [0.2, 0.25) is 0 Å². The molecule has 0 aromatic heterocycles. The molecule has 2 nitrogen and oxygen atoms in total. The second kappa shape index (κ2) is 9.81. The van der Waals surface area contributed by atoms with Crippen molar-refractivity contribution in [3.8, 4) is 0 Å². The fourth-order valence-electron chi connectivity index (χ4n) is 1.50. The number of methoxy groups -OCH3 is 1. The molecular weight excluding hydrogens is 194 g/mol. The van der Waals surface area contributed by atoms with Crippen LogP contribution in [-0.2, 0) is 4.74 Å². The minimum absolute atomic E-state index is 0.373. The van der Waals surface area contributed by atoms with Gasteiger partial charge >= 0.3 is 0 Å². The van der Waals surface area contributed by atoms with Gasteiger partial charge in [-0.2, -0.15) is 11.8 Å². The van der Waals surface area contributed by atoms with Crippen LogP contribution in [-0.4, -0.2) is 30.8 Å². The van der Waals surface area contributed by atoms with Crippen LogP contribution in [0.15, 0.2) is 0 Å². The van der Waals surface area contributed by atoms with Gasteiger partial charge < -0.3 is 10.5 Å². The molecule has 0 amide bonds. The molecule has 0 aliphatic carbocycles. The van der Waals surface area contributed by atoms with E-state index in [0.717, 1.165) is 19.4 Å². The van der Waals surface area contributed by atoms with Gasteiger partial charge in [-0.05, 0) is 25.0 Å². The van der Waals surface area contributed by atoms with Gasteiger partial charge in [0.1, 0.15) is 0 Å². The number of nitrogens with two attached hydrogens (primary N) is 1. The molecule has 0 heterocycles. The zero-order chi connectivity index (χ0) is 10.8. The highest BCUT2D eigenvalue weighted by Crippen LogP contribution is 2.20. The number of thioether (sulfide) groups is 1. The summed E-state index contributed by atoms with van der Waals surface area (Å²) in [6, 6.07) is 0.373. The molecule has 0 aliphatic rings. The van der Waals surface area contributed by atoms with E-state index in [1.807, 2.05) is 11.8 Å². The molecule has 0 rings (SSSR count). The molecule has 0 aromatic carbocycles. The second-order valence-electron chi connectivity index (χ2n) is 3.62. The van der Waals surface area contributed by atoms with Gasteiger partial charge in [0, 0.05) is 25.0 Å². The zero-order valence-electron chi connectivity index (χ0n) is 9.79. The molecule has 3 heteroatoms. The second-order valence-corrected chi connectivity index (χ2v) is 4.96. The molecule has 0 aromatic rings. The topological polar surface area (TPSA) is 35.2 Å². The van der Waals surface area contributed by atoms with Gasteiger partial charge in [0.05, 0.1) is 0 Å². The van der Waals surface area contributed by atoms with Crippen molar-refractivity contribution in [3.05, 3.63) is 0 Å². The van der Waals surface area contributed by atoms with Gasteiger partial charge in [0.2, 0.25) is 0 Å². The summed E-state index contributed by atoms with van der Waals surface area (Å²) in [6.07, 6.45) is 4.65. The van der Waals surface area contributed by atoms with Crippen molar-refractivity contribution in [3.63, 3.8) is 0 Å². The first-order valence-electron chi connectivity index (χ1n) is 5.62. The minimum Gasteiger partial charge on any atom is -0.385 e. The van der Waals surface area contributed by atoms with Crippen LogP contribution >= 0.6 is 11.8 Å². The van der Waals surface area contributed by atoms with E-state index in [0.29, 0.717) is 11.3 Å². The van der Waals surface area contributed by atoms with Crippen LogP contribution in [0, 0.1) is 0 Å². The van der Waals surface area contributed by atoms with E-state index in [-0.39, 0.29) is 0 Å². The summed E-state index contributed by atoms with van der Waals surface area (Å²) in [5.41, 5.74) is 6.10. The Morgan fingerprint density at radius 2 is 2.07 bits per heavy atom. The SMILES string of the molecule is CCCC(N)C(CC)SCCCOC. The Morgan fingerprint density at radius 3 is 2.57 bits per heavy atom. The quantitative estimate of drug-likeness (QED) is 0.606. The van der Waals surface area contributed by atoms with Crippen LogP contribution < -0.4 is 5.73 Å². The van der Waals surface area contributed by atoms with Crippen molar-refractivity contribution in [2.45, 2.75) is 50.8 Å². The summed E-state index contributed by atoms with van der Waals surface area (Å²) in [7, 11) is 1.75. The smallest absolute Gasteiger partial charge is 0.0470 e. The molecule has 0 aliphatic heterocycles. The van der Waals surface area contributed by atoms with Gasteiger partial charge in [-0.25, -0.2) is 0 Å². The minimum atomic E-state index is 0.373. The monoisotopic (exact) mass is 219 g/mol. The molecule has 0 bridgehead atoms. The van der Waals surface area contributed by atoms with Crippen molar-refractivity contribution in [2.75, 3.05) is 19.5 Å². The van der Waals surface area contributed by atoms with Crippen LogP contribution in [0.4, 0.5) is 0 Å². The molecule has 2 unspecified atom stereocenters. The Bertz CT molecular complexity index is 122. The predicted molar refractivity (Wildman–Crippen MR) is 65.9 cm³/mol. The van der Waals surface area contributed by atoms with Crippen molar-refractivity contribution >= 4 is 11.8 Å². The lowest BCUT2D eigenvalue weighted by atomic mass is 10.1. The van der Waals surface area contributed by atoms with Gasteiger partial charge in [0.15, 0.2) is 0 Å². The largest absolute Gasteiger partial charge is 0.385 e. The fraction of sp³-hybridized carbons (Fsp3) is 1.00. The highest BCUT2D eigenvalue weighted by molar-refractivity contribution is 7.99. The highest BCUT2D eigenvalue weighted by atomic mass is 32.2. The summed E-state index contributed by atoms with van der Waals surface area (Å²) in [5.74, 6) is 1.17. The first-order chi connectivity index (χ1) is 6.76. The first-order valence-corrected chi connectivity index (χ1v) is 6.67. The Kier molecular flexibility index (Phi) is 10.0. The standard InChI is InChI=1S/C11H25NOS/c1-4-7-10(12)11(5-2)14-9-6-8-13-3/h10-11H,4-9,12H2,1-3H3. The molecular formula is C11H25NOS. The summed E-state index contributed by atoms with van der Waals surface area (Å²) in [6.45, 7) is 5.29. The Hall–Kier alpha value is 0.270. The van der Waals surface area contributed by atoms with E-state index < -0.39 is 0 Å². The average molecular weight is 219 g/mol. The van der Waals surface area contributed by atoms with Gasteiger partial charge in [-0.3, -0.25) is 0 Å². The van der Waals surface area contributed by atoms with Crippen molar-refractivity contribution in [2.24, 2.45) is 5.73 Å². The molecule has 0 saturated heterocycles. The number of hydrogen-bond acceptors (Lipinski definition) is 3. The summed E-state index contributed by atoms with van der Waals surface area (Å²) >= 11 is 2.00. The highest BCUT2D eigenvalue weighted by Gasteiger charge is 2.14. The average Bonchev–Trinajstić information content (AvgIpc) is 2.18. The van der Waals surface area contributed by atoms with Crippen LogP contribution in [0.3, 0.4) is 0 Å². The summed E-state index contributed by atoms with van der Waals surface area (Å²) < 4.78 is 5.02. The van der Waals surface area contributed by atoms with Crippen molar-refractivity contribution < 1.29 is 4.74 Å². The maximum atomic E-state index is 6.10. The molecule has 0 fully saturated rings. The fourth-order valence-corrected chi connectivity index (χ4v) is 2.71. The van der Waals surface area contributed by atoms with Crippen LogP contribution in [0.5, 0.6) is 0 Å². The summed E-state index contributed by atoms with van der Waals surface area (Å²) in [5, 5.41) is 0.631. The van der Waals surface area contributed by atoms with Gasteiger partial charge in [-0.15, -0.1) is 0 Å². The molecule has 0 spiro atoms. The number of rotatable bonds is 9. The maximum absolute atomic E-state index is 6.10. The first kappa shape index (κ1) is 14.3. The molecule has 14 heavy (non-hydrogen) atoms. The van der Waals surface area contributed by atoms with Crippen molar-refractivity contribution in [1.29, 1.82) is 0 Å². The molecule has 0 saturated carbocycles. The maximum Gasteiger partial charge on any atom is 0.0470 e. The third-order valence-corrected chi connectivity index (χ3v) is 3.96.